The van der Waals surface area contributed by atoms with E-state index >= 15 is 0 Å². The molecule has 18 heavy (non-hydrogen) atoms. The second-order valence-electron chi connectivity index (χ2n) is 3.82. The van der Waals surface area contributed by atoms with Crippen LogP contribution in [0.1, 0.15) is 11.1 Å². The van der Waals surface area contributed by atoms with Gasteiger partial charge in [0.2, 0.25) is 0 Å². The summed E-state index contributed by atoms with van der Waals surface area (Å²) in [5.74, 6) is -0.401. The molecule has 0 saturated carbocycles. The highest BCUT2D eigenvalue weighted by Crippen LogP contribution is 2.15. The van der Waals surface area contributed by atoms with E-state index in [1.807, 2.05) is 18.2 Å². The molecule has 0 aliphatic heterocycles. The smallest absolute Gasteiger partial charge is 0.124 e. The van der Waals surface area contributed by atoms with Crippen LogP contribution in [-0.4, -0.2) is 0 Å². The summed E-state index contributed by atoms with van der Waals surface area (Å²) >= 11 is 5.78. The molecule has 0 radical (unpaired) electrons. The van der Waals surface area contributed by atoms with Gasteiger partial charge in [-0.25, -0.2) is 4.39 Å². The normalized spacial score (nSPS) is 9.83. The Balaban J connectivity index is 2.08. The molecule has 0 aliphatic rings. The third-order valence-corrected chi connectivity index (χ3v) is 2.68. The first kappa shape index (κ1) is 12.4. The van der Waals surface area contributed by atoms with E-state index in [0.29, 0.717) is 17.1 Å². The third kappa shape index (κ3) is 3.22. The van der Waals surface area contributed by atoms with Crippen molar-refractivity contribution < 1.29 is 4.39 Å². The molecule has 0 bridgehead atoms. The zero-order valence-electron chi connectivity index (χ0n) is 9.45. The van der Waals surface area contributed by atoms with Crippen molar-refractivity contribution in [3.05, 3.63) is 64.4 Å². The van der Waals surface area contributed by atoms with Gasteiger partial charge in [-0.2, -0.15) is 5.26 Å². The van der Waals surface area contributed by atoms with Gasteiger partial charge in [0, 0.05) is 17.3 Å². The minimum Gasteiger partial charge on any atom is -0.381 e. The lowest BCUT2D eigenvalue weighted by atomic mass is 10.1. The summed E-state index contributed by atoms with van der Waals surface area (Å²) in [6.07, 6.45) is 0. The van der Waals surface area contributed by atoms with Gasteiger partial charge in [-0.1, -0.05) is 11.6 Å². The maximum Gasteiger partial charge on any atom is 0.124 e. The second-order valence-corrected chi connectivity index (χ2v) is 4.26. The summed E-state index contributed by atoms with van der Waals surface area (Å²) < 4.78 is 13.2. The summed E-state index contributed by atoms with van der Waals surface area (Å²) in [5.41, 5.74) is 1.94. The van der Waals surface area contributed by atoms with Crippen molar-refractivity contribution in [2.45, 2.75) is 6.54 Å². The lowest BCUT2D eigenvalue weighted by molar-refractivity contribution is 0.625. The molecule has 0 atom stereocenters. The Labute approximate surface area is 110 Å². The lowest BCUT2D eigenvalue weighted by Crippen LogP contribution is -2.00. The second kappa shape index (κ2) is 5.52. The zero-order chi connectivity index (χ0) is 13.0. The standard InChI is InChI=1S/C14H10ClFN2/c15-12-1-3-14(4-2-12)18-9-11-5-10(8-17)6-13(16)7-11/h1-7,18H,9H2. The third-order valence-electron chi connectivity index (χ3n) is 2.43. The zero-order valence-corrected chi connectivity index (χ0v) is 10.2. The monoisotopic (exact) mass is 260 g/mol. The average Bonchev–Trinajstić information content (AvgIpc) is 2.37. The van der Waals surface area contributed by atoms with Crippen LogP contribution in [0.4, 0.5) is 10.1 Å². The molecule has 0 heterocycles. The van der Waals surface area contributed by atoms with Crippen molar-refractivity contribution in [2.24, 2.45) is 0 Å². The highest BCUT2D eigenvalue weighted by molar-refractivity contribution is 6.30. The minimum atomic E-state index is -0.401. The van der Waals surface area contributed by atoms with Gasteiger partial charge in [0.25, 0.3) is 0 Å². The van der Waals surface area contributed by atoms with Crippen LogP contribution in [0.2, 0.25) is 5.02 Å². The highest BCUT2D eigenvalue weighted by atomic mass is 35.5. The molecule has 0 aromatic heterocycles. The van der Waals surface area contributed by atoms with E-state index in [2.05, 4.69) is 5.32 Å². The number of halogens is 2. The van der Waals surface area contributed by atoms with E-state index < -0.39 is 5.82 Å². The summed E-state index contributed by atoms with van der Waals surface area (Å²) in [6.45, 7) is 0.452. The molecule has 4 heteroatoms. The van der Waals surface area contributed by atoms with Crippen molar-refractivity contribution in [1.82, 2.24) is 0 Å². The number of nitrogens with zero attached hydrogens (tertiary/aromatic N) is 1. The van der Waals surface area contributed by atoms with Gasteiger partial charge in [-0.05, 0) is 48.0 Å². The summed E-state index contributed by atoms with van der Waals surface area (Å²) in [7, 11) is 0. The first-order chi connectivity index (χ1) is 8.67. The minimum absolute atomic E-state index is 0.322. The molecule has 0 aliphatic carbocycles. The summed E-state index contributed by atoms with van der Waals surface area (Å²) in [5, 5.41) is 12.5. The molecule has 2 rings (SSSR count). The topological polar surface area (TPSA) is 35.8 Å². The fraction of sp³-hybridized carbons (Fsp3) is 0.0714. The maximum absolute atomic E-state index is 13.2. The highest BCUT2D eigenvalue weighted by Gasteiger charge is 2.00. The van der Waals surface area contributed by atoms with E-state index in [0.717, 1.165) is 11.3 Å². The predicted molar refractivity (Wildman–Crippen MR) is 69.9 cm³/mol. The molecular formula is C14H10ClFN2. The van der Waals surface area contributed by atoms with E-state index in [1.54, 1.807) is 18.2 Å². The molecule has 0 amide bonds. The fourth-order valence-electron chi connectivity index (χ4n) is 1.59. The van der Waals surface area contributed by atoms with Crippen LogP contribution in [0, 0.1) is 17.1 Å². The van der Waals surface area contributed by atoms with Crippen LogP contribution in [-0.2, 0) is 6.54 Å². The molecule has 2 nitrogen and oxygen atoms in total. The fourth-order valence-corrected chi connectivity index (χ4v) is 1.71. The Kier molecular flexibility index (Phi) is 3.81. The molecule has 0 spiro atoms. The first-order valence-electron chi connectivity index (χ1n) is 5.36. The van der Waals surface area contributed by atoms with Crippen molar-refractivity contribution in [1.29, 1.82) is 5.26 Å². The van der Waals surface area contributed by atoms with Crippen LogP contribution < -0.4 is 5.32 Å². The number of benzene rings is 2. The van der Waals surface area contributed by atoms with E-state index in [-0.39, 0.29) is 0 Å². The number of anilines is 1. The largest absolute Gasteiger partial charge is 0.381 e. The van der Waals surface area contributed by atoms with Gasteiger partial charge in [0.1, 0.15) is 5.82 Å². The SMILES string of the molecule is N#Cc1cc(F)cc(CNc2ccc(Cl)cc2)c1. The molecule has 0 unspecified atom stereocenters. The quantitative estimate of drug-likeness (QED) is 0.907. The van der Waals surface area contributed by atoms with Crippen molar-refractivity contribution in [3.63, 3.8) is 0 Å². The van der Waals surface area contributed by atoms with Gasteiger partial charge < -0.3 is 5.32 Å². The Morgan fingerprint density at radius 1 is 1.17 bits per heavy atom. The summed E-state index contributed by atoms with van der Waals surface area (Å²) in [4.78, 5) is 0. The number of hydrogen-bond acceptors (Lipinski definition) is 2. The van der Waals surface area contributed by atoms with Gasteiger partial charge >= 0.3 is 0 Å². The van der Waals surface area contributed by atoms with Gasteiger partial charge in [-0.3, -0.25) is 0 Å². The van der Waals surface area contributed by atoms with Crippen LogP contribution in [0.5, 0.6) is 0 Å². The van der Waals surface area contributed by atoms with E-state index in [9.17, 15) is 4.39 Å². The van der Waals surface area contributed by atoms with Gasteiger partial charge in [0.05, 0.1) is 11.6 Å². The molecule has 90 valence electrons. The molecular weight excluding hydrogens is 251 g/mol. The number of hydrogen-bond donors (Lipinski definition) is 1. The van der Waals surface area contributed by atoms with Crippen LogP contribution >= 0.6 is 11.6 Å². The van der Waals surface area contributed by atoms with E-state index in [1.165, 1.54) is 12.1 Å². The van der Waals surface area contributed by atoms with Crippen molar-refractivity contribution >= 4 is 17.3 Å². The summed E-state index contributed by atoms with van der Waals surface area (Å²) in [6, 6.07) is 13.4. The maximum atomic E-state index is 13.2. The van der Waals surface area contributed by atoms with Crippen LogP contribution in [0.3, 0.4) is 0 Å². The van der Waals surface area contributed by atoms with Crippen molar-refractivity contribution in [2.75, 3.05) is 5.32 Å². The number of nitrogens with one attached hydrogen (secondary N) is 1. The Morgan fingerprint density at radius 3 is 2.56 bits per heavy atom. The molecule has 0 saturated heterocycles. The molecule has 2 aromatic carbocycles. The average molecular weight is 261 g/mol. The van der Waals surface area contributed by atoms with Crippen LogP contribution in [0.15, 0.2) is 42.5 Å². The Bertz CT molecular complexity index is 588. The van der Waals surface area contributed by atoms with E-state index in [4.69, 9.17) is 16.9 Å². The number of nitriles is 1. The molecule has 0 fully saturated rings. The Hall–Kier alpha value is -2.05. The van der Waals surface area contributed by atoms with Gasteiger partial charge in [0.15, 0.2) is 0 Å². The number of rotatable bonds is 3. The molecule has 1 N–H and O–H groups in total. The van der Waals surface area contributed by atoms with Gasteiger partial charge in [-0.15, -0.1) is 0 Å². The molecule has 2 aromatic rings. The van der Waals surface area contributed by atoms with Crippen molar-refractivity contribution in [3.8, 4) is 6.07 Å². The predicted octanol–water partition coefficient (Wildman–Crippen LogP) is 3.96. The van der Waals surface area contributed by atoms with Crippen LogP contribution in [0.25, 0.3) is 0 Å². The first-order valence-corrected chi connectivity index (χ1v) is 5.74. The lowest BCUT2D eigenvalue weighted by Gasteiger charge is -2.07. The Morgan fingerprint density at radius 2 is 1.89 bits per heavy atom.